The lowest BCUT2D eigenvalue weighted by atomic mass is 9.73. The number of ketones is 1. The maximum Gasteiger partial charge on any atom is 0.410 e. The zero-order valence-electron chi connectivity index (χ0n) is 41.8. The molecule has 1 aromatic carbocycles. The second-order valence-electron chi connectivity index (χ2n) is 19.9. The Labute approximate surface area is 401 Å². The normalized spacial score (nSPS) is 35.0. The number of rotatable bonds is 14. The first-order valence-corrected chi connectivity index (χ1v) is 24.2. The highest BCUT2D eigenvalue weighted by Crippen LogP contribution is 2.45. The molecule has 0 spiro atoms. The summed E-state index contributed by atoms with van der Waals surface area (Å²) in [6, 6.07) is 11.8. The number of benzene rings is 1. The summed E-state index contributed by atoms with van der Waals surface area (Å²) in [6.45, 7) is 17.2. The van der Waals surface area contributed by atoms with Crippen LogP contribution < -0.4 is 0 Å². The van der Waals surface area contributed by atoms with Gasteiger partial charge < -0.3 is 43.0 Å². The molecule has 1 unspecified atom stereocenters. The Morgan fingerprint density at radius 3 is 2.38 bits per heavy atom. The zero-order chi connectivity index (χ0) is 49.7. The maximum atomic E-state index is 15.1. The number of likely N-dealkylation sites (N-methyl/N-ethyl adjacent to an activating group) is 1. The molecule has 3 saturated heterocycles. The summed E-state index contributed by atoms with van der Waals surface area (Å²) >= 11 is 0. The number of para-hydroxylation sites is 2. The number of Topliss-reactive ketones (excluding diaryl/α,β-unsaturated/α-hetero) is 1. The third-order valence-electron chi connectivity index (χ3n) is 14.9. The number of aliphatic hydroxyl groups is 1. The Balaban J connectivity index is 1.39. The van der Waals surface area contributed by atoms with Gasteiger partial charge in [-0.3, -0.25) is 24.3 Å². The van der Waals surface area contributed by atoms with Gasteiger partial charge in [0, 0.05) is 50.2 Å². The van der Waals surface area contributed by atoms with Crippen molar-refractivity contribution < 1.29 is 52.7 Å². The van der Waals surface area contributed by atoms with E-state index in [9.17, 15) is 19.5 Å². The standard InChI is InChI=1S/C52H73N5O11/c1-13-25-55(11)40-28-33(4)66-52(10,46(40)60)67-47-35(6)44(65-42(58)29-37-21-17-18-24-53-37)36(7)48(61)64-41(14-2)51(9)45(34(5)43(59)32(3)30-50(47,8)63-12)57(49(62)68-51)27-20-19-26-56-31-54-38-22-15-16-23-39(38)56/h1,15-18,21-24,31-36,40-41,44-47,60H,14,19-20,25-30H2,2-12H3/t32-,33-,34+,35+,36-,40+,41-,44?,45-,46-,47-,50-,51-,52+/m1/s1. The summed E-state index contributed by atoms with van der Waals surface area (Å²) in [5, 5.41) is 12.1. The molecule has 5 heterocycles. The van der Waals surface area contributed by atoms with Crippen LogP contribution in [0.3, 0.4) is 0 Å². The number of carbonyl (C=O) groups is 4. The van der Waals surface area contributed by atoms with Crippen LogP contribution in [0, 0.1) is 36.0 Å². The highest BCUT2D eigenvalue weighted by molar-refractivity contribution is 5.85. The Morgan fingerprint density at radius 2 is 1.71 bits per heavy atom. The van der Waals surface area contributed by atoms with E-state index in [0.717, 1.165) is 11.0 Å². The van der Waals surface area contributed by atoms with Gasteiger partial charge in [0.15, 0.2) is 11.4 Å². The van der Waals surface area contributed by atoms with Crippen molar-refractivity contribution in [1.29, 1.82) is 0 Å². The lowest BCUT2D eigenvalue weighted by Crippen LogP contribution is -2.65. The van der Waals surface area contributed by atoms with Gasteiger partial charge in [-0.15, -0.1) is 6.42 Å². The first-order chi connectivity index (χ1) is 32.2. The number of cyclic esters (lactones) is 1. The summed E-state index contributed by atoms with van der Waals surface area (Å²) in [6.07, 6.45) is 5.47. The molecule has 1 N–H and O–H groups in total. The van der Waals surface area contributed by atoms with Crippen molar-refractivity contribution in [2.45, 2.75) is 167 Å². The molecule has 16 nitrogen and oxygen atoms in total. The molecule has 0 saturated carbocycles. The van der Waals surface area contributed by atoms with Crippen LogP contribution in [0.15, 0.2) is 55.0 Å². The van der Waals surface area contributed by atoms with Crippen molar-refractivity contribution in [1.82, 2.24) is 24.3 Å². The number of aryl methyl sites for hydroxylation is 1. The van der Waals surface area contributed by atoms with Gasteiger partial charge in [-0.25, -0.2) is 9.78 Å². The predicted octanol–water partition coefficient (Wildman–Crippen LogP) is 6.39. The molecule has 3 aliphatic heterocycles. The number of pyridine rings is 1. The topological polar surface area (TPSA) is 181 Å². The van der Waals surface area contributed by atoms with Crippen LogP contribution in [0.25, 0.3) is 11.0 Å². The van der Waals surface area contributed by atoms with Crippen LogP contribution in [0.5, 0.6) is 0 Å². The Hall–Kier alpha value is -4.92. The quantitative estimate of drug-likeness (QED) is 0.0812. The number of carbonyl (C=O) groups excluding carboxylic acids is 4. The van der Waals surface area contributed by atoms with Crippen LogP contribution in [0.4, 0.5) is 4.79 Å². The molecule has 0 aliphatic carbocycles. The van der Waals surface area contributed by atoms with Crippen molar-refractivity contribution in [3.05, 3.63) is 60.7 Å². The van der Waals surface area contributed by atoms with E-state index in [1.165, 1.54) is 7.11 Å². The van der Waals surface area contributed by atoms with Crippen molar-refractivity contribution in [3.8, 4) is 12.3 Å². The summed E-state index contributed by atoms with van der Waals surface area (Å²) in [7, 11) is 3.34. The molecule has 1 amide bonds. The first kappa shape index (κ1) is 52.5. The molecule has 3 aliphatic rings. The van der Waals surface area contributed by atoms with Crippen LogP contribution in [0.1, 0.15) is 100 Å². The highest BCUT2D eigenvalue weighted by atomic mass is 16.7. The number of esters is 2. The number of aliphatic hydroxyl groups excluding tert-OH is 1. The SMILES string of the molecule is C#CCN(C)[C@H]1C[C@@H](C)O[C@@](C)(O[C@@H]2[C@@H](C)C(OC(=O)Cc3ccccn3)[C@@H](C)C(=O)O[C@H](CC)[C@@]3(C)OC(=O)N(CCCCn4cnc5ccccc54)[C@@H]3[C@@H](C)C(=O)[C@H](C)C[C@@]2(C)OC)[C@@H]1O. The van der Waals surface area contributed by atoms with Gasteiger partial charge in [-0.2, -0.15) is 0 Å². The average molecular weight is 944 g/mol. The minimum Gasteiger partial charge on any atom is -0.461 e. The van der Waals surface area contributed by atoms with Crippen molar-refractivity contribution in [3.63, 3.8) is 0 Å². The minimum absolute atomic E-state index is 0.0889. The van der Waals surface area contributed by atoms with E-state index in [2.05, 4.69) is 20.5 Å². The molecule has 16 heteroatoms. The van der Waals surface area contributed by atoms with Gasteiger partial charge in [0.1, 0.15) is 24.1 Å². The summed E-state index contributed by atoms with van der Waals surface area (Å²) < 4.78 is 41.2. The lowest BCUT2D eigenvalue weighted by molar-refractivity contribution is -0.358. The van der Waals surface area contributed by atoms with Gasteiger partial charge >= 0.3 is 18.0 Å². The molecule has 372 valence electrons. The third-order valence-corrected chi connectivity index (χ3v) is 14.9. The fraction of sp³-hybridized carbons (Fsp3) is 0.654. The van der Waals surface area contributed by atoms with Crippen LogP contribution in [-0.2, 0) is 55.8 Å². The molecule has 2 aromatic heterocycles. The van der Waals surface area contributed by atoms with E-state index in [-0.39, 0.29) is 44.2 Å². The number of unbranched alkanes of at least 4 members (excludes halogenated alkanes) is 1. The smallest absolute Gasteiger partial charge is 0.410 e. The summed E-state index contributed by atoms with van der Waals surface area (Å²) in [5.74, 6) is -4.03. The summed E-state index contributed by atoms with van der Waals surface area (Å²) in [5.41, 5.74) is -0.424. The van der Waals surface area contributed by atoms with Crippen molar-refractivity contribution in [2.75, 3.05) is 27.2 Å². The molecule has 68 heavy (non-hydrogen) atoms. The molecule has 3 aromatic rings. The van der Waals surface area contributed by atoms with Gasteiger partial charge in [-0.1, -0.05) is 51.8 Å². The van der Waals surface area contributed by atoms with Gasteiger partial charge in [0.25, 0.3) is 0 Å². The highest BCUT2D eigenvalue weighted by Gasteiger charge is 2.61. The largest absolute Gasteiger partial charge is 0.461 e. The Kier molecular flexibility index (Phi) is 16.8. The summed E-state index contributed by atoms with van der Waals surface area (Å²) in [4.78, 5) is 70.4. The fourth-order valence-electron chi connectivity index (χ4n) is 11.2. The number of aromatic nitrogens is 3. The second-order valence-corrected chi connectivity index (χ2v) is 19.9. The third kappa shape index (κ3) is 10.9. The van der Waals surface area contributed by atoms with Gasteiger partial charge in [0.05, 0.1) is 65.8 Å². The maximum absolute atomic E-state index is 15.1. The monoisotopic (exact) mass is 944 g/mol. The lowest BCUT2D eigenvalue weighted by Gasteiger charge is -2.52. The number of methoxy groups -OCH3 is 1. The molecular weight excluding hydrogens is 871 g/mol. The number of fused-ring (bicyclic) bond motifs is 2. The van der Waals surface area contributed by atoms with E-state index >= 15 is 4.79 Å². The number of imidazole rings is 1. The number of nitrogens with zero attached hydrogens (tertiary/aromatic N) is 5. The molecule has 0 bridgehead atoms. The zero-order valence-corrected chi connectivity index (χ0v) is 41.8. The number of terminal acetylenes is 1. The molecule has 0 radical (unpaired) electrons. The minimum atomic E-state index is -1.68. The predicted molar refractivity (Wildman–Crippen MR) is 254 cm³/mol. The van der Waals surface area contributed by atoms with E-state index in [1.54, 1.807) is 63.9 Å². The fourth-order valence-corrected chi connectivity index (χ4v) is 11.2. The van der Waals surface area contributed by atoms with Crippen LogP contribution in [-0.4, -0.2) is 140 Å². The van der Waals surface area contributed by atoms with Crippen LogP contribution >= 0.6 is 0 Å². The first-order valence-electron chi connectivity index (χ1n) is 24.2. The second kappa shape index (κ2) is 21.8. The van der Waals surface area contributed by atoms with Gasteiger partial charge in [-0.05, 0) is 98.0 Å². The molecule has 6 rings (SSSR count). The number of ether oxygens (including phenoxy) is 6. The van der Waals surface area contributed by atoms with E-state index in [0.29, 0.717) is 31.5 Å². The number of hydrogen-bond donors (Lipinski definition) is 1. The van der Waals surface area contributed by atoms with E-state index < -0.39 is 95.2 Å². The molecule has 14 atom stereocenters. The molecular formula is C52H73N5O11. The van der Waals surface area contributed by atoms with E-state index in [1.807, 2.05) is 70.2 Å². The van der Waals surface area contributed by atoms with E-state index in [4.69, 9.17) is 34.8 Å². The number of hydrogen-bond acceptors (Lipinski definition) is 14. The van der Waals surface area contributed by atoms with Crippen molar-refractivity contribution in [2.24, 2.45) is 23.7 Å². The van der Waals surface area contributed by atoms with Crippen molar-refractivity contribution >= 4 is 34.8 Å². The average Bonchev–Trinajstić information content (AvgIpc) is 3.84. The Bertz CT molecular complexity index is 2270. The molecule has 3 fully saturated rings. The Morgan fingerprint density at radius 1 is 1.00 bits per heavy atom. The number of amides is 1. The van der Waals surface area contributed by atoms with Gasteiger partial charge in [0.2, 0.25) is 0 Å². The van der Waals surface area contributed by atoms with Crippen LogP contribution in [0.2, 0.25) is 0 Å².